The van der Waals surface area contributed by atoms with E-state index in [9.17, 15) is 5.11 Å². The number of aliphatic hydroxyl groups is 1. The van der Waals surface area contributed by atoms with Crippen molar-refractivity contribution in [3.8, 4) is 0 Å². The average Bonchev–Trinajstić information content (AvgIpc) is 2.99. The summed E-state index contributed by atoms with van der Waals surface area (Å²) in [4.78, 5) is 2.52. The molecule has 0 saturated heterocycles. The minimum Gasteiger partial charge on any atom is -0.392 e. The van der Waals surface area contributed by atoms with E-state index >= 15 is 0 Å². The predicted molar refractivity (Wildman–Crippen MR) is 62.8 cm³/mol. The zero-order valence-electron chi connectivity index (χ0n) is 9.99. The van der Waals surface area contributed by atoms with Gasteiger partial charge >= 0.3 is 0 Å². The second-order valence-corrected chi connectivity index (χ2v) is 5.55. The Kier molecular flexibility index (Phi) is 4.04. The van der Waals surface area contributed by atoms with E-state index in [0.29, 0.717) is 0 Å². The molecule has 2 rings (SSSR count). The lowest BCUT2D eigenvalue weighted by atomic mass is 10.2. The summed E-state index contributed by atoms with van der Waals surface area (Å²) in [5, 5.41) is 9.84. The van der Waals surface area contributed by atoms with E-state index in [-0.39, 0.29) is 6.10 Å². The van der Waals surface area contributed by atoms with Crippen molar-refractivity contribution in [3.05, 3.63) is 0 Å². The van der Waals surface area contributed by atoms with Gasteiger partial charge in [0.25, 0.3) is 0 Å². The molecule has 2 nitrogen and oxygen atoms in total. The highest BCUT2D eigenvalue weighted by molar-refractivity contribution is 4.83. The molecule has 0 bridgehead atoms. The van der Waals surface area contributed by atoms with E-state index in [0.717, 1.165) is 31.2 Å². The molecule has 0 aromatic rings. The zero-order valence-corrected chi connectivity index (χ0v) is 9.99. The summed E-state index contributed by atoms with van der Waals surface area (Å²) in [6.07, 6.45) is 7.66. The lowest BCUT2D eigenvalue weighted by molar-refractivity contribution is 0.0994. The molecule has 1 unspecified atom stereocenters. The second-order valence-electron chi connectivity index (χ2n) is 5.55. The first kappa shape index (κ1) is 11.4. The third-order valence-electron chi connectivity index (χ3n) is 3.52. The van der Waals surface area contributed by atoms with E-state index in [1.807, 2.05) is 0 Å². The fraction of sp³-hybridized carbons (Fsp3) is 1.00. The molecule has 1 N–H and O–H groups in total. The Bertz CT molecular complexity index is 173. The highest BCUT2D eigenvalue weighted by atomic mass is 16.3. The highest BCUT2D eigenvalue weighted by Gasteiger charge is 2.29. The summed E-state index contributed by atoms with van der Waals surface area (Å²) in [5.74, 6) is 1.91. The van der Waals surface area contributed by atoms with Gasteiger partial charge in [-0.2, -0.15) is 0 Å². The normalized spacial score (nSPS) is 23.4. The molecule has 2 aliphatic carbocycles. The monoisotopic (exact) mass is 211 g/mol. The van der Waals surface area contributed by atoms with Crippen LogP contribution in [-0.2, 0) is 0 Å². The van der Waals surface area contributed by atoms with Crippen LogP contribution < -0.4 is 0 Å². The molecule has 0 spiro atoms. The molecular formula is C13H25NO. The molecule has 0 aromatic heterocycles. The fourth-order valence-electron chi connectivity index (χ4n) is 2.28. The van der Waals surface area contributed by atoms with Crippen LogP contribution in [0.5, 0.6) is 0 Å². The van der Waals surface area contributed by atoms with Crippen LogP contribution in [0.1, 0.15) is 45.4 Å². The van der Waals surface area contributed by atoms with Gasteiger partial charge < -0.3 is 10.0 Å². The smallest absolute Gasteiger partial charge is 0.0667 e. The number of aliphatic hydroxyl groups excluding tert-OH is 1. The molecule has 0 heterocycles. The maximum atomic E-state index is 9.84. The SMILES string of the molecule is CCCC(O)CN(CC1CC1)CC1CC1. The molecule has 0 aliphatic heterocycles. The summed E-state index contributed by atoms with van der Waals surface area (Å²) in [6.45, 7) is 5.56. The Hall–Kier alpha value is -0.0800. The maximum absolute atomic E-state index is 9.84. The molecule has 2 aliphatic rings. The van der Waals surface area contributed by atoms with Gasteiger partial charge in [-0.15, -0.1) is 0 Å². The summed E-state index contributed by atoms with van der Waals surface area (Å²) in [7, 11) is 0. The first-order chi connectivity index (χ1) is 7.28. The molecule has 0 radical (unpaired) electrons. The van der Waals surface area contributed by atoms with Crippen molar-refractivity contribution in [2.45, 2.75) is 51.6 Å². The van der Waals surface area contributed by atoms with Gasteiger partial charge in [-0.3, -0.25) is 0 Å². The Labute approximate surface area is 93.7 Å². The van der Waals surface area contributed by atoms with Crippen molar-refractivity contribution < 1.29 is 5.11 Å². The van der Waals surface area contributed by atoms with Gasteiger partial charge in [-0.1, -0.05) is 13.3 Å². The molecule has 2 heteroatoms. The van der Waals surface area contributed by atoms with Crippen LogP contribution in [0, 0.1) is 11.8 Å². The molecule has 15 heavy (non-hydrogen) atoms. The third-order valence-corrected chi connectivity index (χ3v) is 3.52. The molecule has 0 aromatic carbocycles. The van der Waals surface area contributed by atoms with Gasteiger partial charge in [0.05, 0.1) is 6.10 Å². The Morgan fingerprint density at radius 2 is 1.67 bits per heavy atom. The highest BCUT2D eigenvalue weighted by Crippen LogP contribution is 2.33. The van der Waals surface area contributed by atoms with Gasteiger partial charge in [-0.05, 0) is 43.9 Å². The van der Waals surface area contributed by atoms with Gasteiger partial charge in [0.2, 0.25) is 0 Å². The van der Waals surface area contributed by atoms with Gasteiger partial charge in [0, 0.05) is 19.6 Å². The van der Waals surface area contributed by atoms with Crippen LogP contribution in [0.15, 0.2) is 0 Å². The van der Waals surface area contributed by atoms with Crippen molar-refractivity contribution in [1.29, 1.82) is 0 Å². The van der Waals surface area contributed by atoms with Crippen LogP contribution in [-0.4, -0.2) is 35.7 Å². The van der Waals surface area contributed by atoms with E-state index in [4.69, 9.17) is 0 Å². The molecular weight excluding hydrogens is 186 g/mol. The number of nitrogens with zero attached hydrogens (tertiary/aromatic N) is 1. The lowest BCUT2D eigenvalue weighted by Gasteiger charge is -2.24. The lowest BCUT2D eigenvalue weighted by Crippen LogP contribution is -2.35. The molecule has 1 atom stereocenters. The van der Waals surface area contributed by atoms with Crippen molar-refractivity contribution in [2.24, 2.45) is 11.8 Å². The van der Waals surface area contributed by atoms with Crippen molar-refractivity contribution >= 4 is 0 Å². The van der Waals surface area contributed by atoms with Crippen LogP contribution in [0.2, 0.25) is 0 Å². The van der Waals surface area contributed by atoms with Crippen molar-refractivity contribution in [1.82, 2.24) is 4.90 Å². The number of rotatable bonds is 8. The topological polar surface area (TPSA) is 23.5 Å². The van der Waals surface area contributed by atoms with Crippen LogP contribution in [0.4, 0.5) is 0 Å². The summed E-state index contributed by atoms with van der Waals surface area (Å²) in [5.41, 5.74) is 0. The molecule has 2 saturated carbocycles. The first-order valence-corrected chi connectivity index (χ1v) is 6.68. The maximum Gasteiger partial charge on any atom is 0.0667 e. The van der Waals surface area contributed by atoms with Crippen molar-refractivity contribution in [2.75, 3.05) is 19.6 Å². The molecule has 0 amide bonds. The average molecular weight is 211 g/mol. The Morgan fingerprint density at radius 1 is 1.13 bits per heavy atom. The van der Waals surface area contributed by atoms with Gasteiger partial charge in [0.1, 0.15) is 0 Å². The third kappa shape index (κ3) is 4.52. The minimum absolute atomic E-state index is 0.0903. The van der Waals surface area contributed by atoms with Crippen LogP contribution in [0.3, 0.4) is 0 Å². The molecule has 2 fully saturated rings. The summed E-state index contributed by atoms with van der Waals surface area (Å²) >= 11 is 0. The molecule has 88 valence electrons. The van der Waals surface area contributed by atoms with E-state index < -0.39 is 0 Å². The second kappa shape index (κ2) is 5.31. The quantitative estimate of drug-likeness (QED) is 0.666. The summed E-state index contributed by atoms with van der Waals surface area (Å²) < 4.78 is 0. The number of hydrogen-bond acceptors (Lipinski definition) is 2. The van der Waals surface area contributed by atoms with E-state index in [1.54, 1.807) is 0 Å². The van der Waals surface area contributed by atoms with Crippen LogP contribution >= 0.6 is 0 Å². The van der Waals surface area contributed by atoms with Gasteiger partial charge in [0.15, 0.2) is 0 Å². The van der Waals surface area contributed by atoms with E-state index in [1.165, 1.54) is 38.8 Å². The Morgan fingerprint density at radius 3 is 2.07 bits per heavy atom. The van der Waals surface area contributed by atoms with E-state index in [2.05, 4.69) is 11.8 Å². The minimum atomic E-state index is -0.0903. The Balaban J connectivity index is 1.69. The summed E-state index contributed by atoms with van der Waals surface area (Å²) in [6, 6.07) is 0. The van der Waals surface area contributed by atoms with Crippen molar-refractivity contribution in [3.63, 3.8) is 0 Å². The standard InChI is InChI=1S/C13H25NO/c1-2-3-13(15)10-14(8-11-4-5-11)9-12-6-7-12/h11-13,15H,2-10H2,1H3. The fourth-order valence-corrected chi connectivity index (χ4v) is 2.28. The van der Waals surface area contributed by atoms with Crippen LogP contribution in [0.25, 0.3) is 0 Å². The zero-order chi connectivity index (χ0) is 10.7. The van der Waals surface area contributed by atoms with Gasteiger partial charge in [-0.25, -0.2) is 0 Å². The largest absolute Gasteiger partial charge is 0.392 e. The number of hydrogen-bond donors (Lipinski definition) is 1. The predicted octanol–water partition coefficient (Wildman–Crippen LogP) is 2.27. The first-order valence-electron chi connectivity index (χ1n) is 6.68.